The van der Waals surface area contributed by atoms with Gasteiger partial charge in [-0.05, 0) is 24.3 Å². The number of hydrogen-bond acceptors (Lipinski definition) is 8. The highest BCUT2D eigenvalue weighted by atomic mass is 35.5. The van der Waals surface area contributed by atoms with Crippen LogP contribution in [-0.2, 0) is 4.79 Å². The molecule has 3 aromatic carbocycles. The molecule has 0 unspecified atom stereocenters. The van der Waals surface area contributed by atoms with Crippen LogP contribution in [0.2, 0.25) is 5.02 Å². The van der Waals surface area contributed by atoms with Crippen LogP contribution in [0.1, 0.15) is 15.9 Å². The van der Waals surface area contributed by atoms with Gasteiger partial charge in [0, 0.05) is 18.2 Å². The van der Waals surface area contributed by atoms with Gasteiger partial charge in [-0.2, -0.15) is 5.26 Å². The van der Waals surface area contributed by atoms with Crippen LogP contribution in [0, 0.1) is 23.0 Å². The molecule has 1 amide bonds. The van der Waals surface area contributed by atoms with Crippen molar-refractivity contribution >= 4 is 39.9 Å². The number of amides is 1. The van der Waals surface area contributed by atoms with E-state index in [1.54, 1.807) is 6.07 Å². The zero-order chi connectivity index (χ0) is 26.7. The van der Waals surface area contributed by atoms with Crippen LogP contribution in [-0.4, -0.2) is 35.9 Å². The number of ether oxygens (including phenoxy) is 3. The first-order chi connectivity index (χ1) is 17.7. The summed E-state index contributed by atoms with van der Waals surface area (Å²) in [5.74, 6) is -5.10. The maximum atomic E-state index is 14.8. The predicted octanol–water partition coefficient (Wildman–Crippen LogP) is 5.06. The van der Waals surface area contributed by atoms with Crippen molar-refractivity contribution in [2.24, 2.45) is 0 Å². The lowest BCUT2D eigenvalue weighted by molar-refractivity contribution is -0.112. The summed E-state index contributed by atoms with van der Waals surface area (Å²) >= 11 is 5.97. The number of carbonyl (C=O) groups is 2. The summed E-state index contributed by atoms with van der Waals surface area (Å²) in [6, 6.07) is 10.3. The van der Waals surface area contributed by atoms with Crippen LogP contribution in [0.25, 0.3) is 10.9 Å². The van der Waals surface area contributed by atoms with E-state index in [-0.39, 0.29) is 27.9 Å². The smallest absolute Gasteiger partial charge is 0.297 e. The van der Waals surface area contributed by atoms with Crippen LogP contribution >= 0.6 is 11.6 Å². The topological polar surface area (TPSA) is 123 Å². The number of methoxy groups -OCH3 is 2. The molecule has 0 bridgehead atoms. The van der Waals surface area contributed by atoms with Crippen molar-refractivity contribution in [3.05, 3.63) is 76.6 Å². The fourth-order valence-corrected chi connectivity index (χ4v) is 3.58. The molecule has 0 saturated carbocycles. The third-order valence-corrected chi connectivity index (χ3v) is 5.43. The number of fused-ring (bicyclic) bond motifs is 1. The standard InChI is InChI=1S/C25H15ClF2N4O5/c1-35-20-8-14-19(9-21(20)36-2)30-11-31-25(14)37-13-6-16(27)22(17(28)7-13)23(33)24(34)32-18-4-3-12(10-29)5-15(18)26/h3-9,11H,1-2H3,(H,32,34). The van der Waals surface area contributed by atoms with Crippen LogP contribution in [0.5, 0.6) is 23.1 Å². The third-order valence-electron chi connectivity index (χ3n) is 5.11. The molecule has 0 fully saturated rings. The van der Waals surface area contributed by atoms with Gasteiger partial charge in [-0.3, -0.25) is 9.59 Å². The van der Waals surface area contributed by atoms with Gasteiger partial charge in [0.25, 0.3) is 11.7 Å². The minimum Gasteiger partial charge on any atom is -0.493 e. The number of hydrogen-bond donors (Lipinski definition) is 1. The van der Waals surface area contributed by atoms with E-state index < -0.39 is 28.9 Å². The molecule has 4 rings (SSSR count). The number of nitriles is 1. The number of anilines is 1. The molecular weight excluding hydrogens is 510 g/mol. The largest absolute Gasteiger partial charge is 0.493 e. The normalized spacial score (nSPS) is 10.5. The van der Waals surface area contributed by atoms with Crippen molar-refractivity contribution in [2.75, 3.05) is 19.5 Å². The number of carbonyl (C=O) groups excluding carboxylic acids is 2. The lowest BCUT2D eigenvalue weighted by Gasteiger charge is -2.12. The number of aromatic nitrogens is 2. The maximum absolute atomic E-state index is 14.8. The fourth-order valence-electron chi connectivity index (χ4n) is 3.36. The lowest BCUT2D eigenvalue weighted by Crippen LogP contribution is -2.25. The lowest BCUT2D eigenvalue weighted by atomic mass is 10.1. The number of nitrogens with one attached hydrogen (secondary N) is 1. The number of nitrogens with zero attached hydrogens (tertiary/aromatic N) is 3. The Kier molecular flexibility index (Phi) is 7.13. The second-order valence-corrected chi connectivity index (χ2v) is 7.76. The molecule has 0 aliphatic rings. The van der Waals surface area contributed by atoms with Crippen LogP contribution in [0.3, 0.4) is 0 Å². The molecule has 0 saturated heterocycles. The van der Waals surface area contributed by atoms with Gasteiger partial charge in [0.2, 0.25) is 5.88 Å². The Bertz CT molecular complexity index is 1580. The fraction of sp³-hybridized carbons (Fsp3) is 0.0800. The highest BCUT2D eigenvalue weighted by molar-refractivity contribution is 6.47. The number of Topliss-reactive ketones (excluding diaryl/α,β-unsaturated/α-hetero) is 1. The molecule has 0 aliphatic carbocycles. The highest BCUT2D eigenvalue weighted by Crippen LogP contribution is 2.36. The van der Waals surface area contributed by atoms with Gasteiger partial charge in [0.15, 0.2) is 11.5 Å². The van der Waals surface area contributed by atoms with Gasteiger partial charge >= 0.3 is 0 Å². The van der Waals surface area contributed by atoms with E-state index in [1.165, 1.54) is 44.8 Å². The minimum absolute atomic E-state index is 0.0116. The Morgan fingerprint density at radius 1 is 1.00 bits per heavy atom. The first-order valence-corrected chi connectivity index (χ1v) is 10.7. The Morgan fingerprint density at radius 3 is 2.30 bits per heavy atom. The van der Waals surface area contributed by atoms with Crippen molar-refractivity contribution in [1.29, 1.82) is 5.26 Å². The van der Waals surface area contributed by atoms with Crippen molar-refractivity contribution in [3.63, 3.8) is 0 Å². The first kappa shape index (κ1) is 25.3. The predicted molar refractivity (Wildman–Crippen MR) is 128 cm³/mol. The summed E-state index contributed by atoms with van der Waals surface area (Å²) in [4.78, 5) is 33.0. The van der Waals surface area contributed by atoms with E-state index >= 15 is 0 Å². The van der Waals surface area contributed by atoms with Gasteiger partial charge in [0.05, 0.1) is 53.0 Å². The van der Waals surface area contributed by atoms with E-state index in [0.29, 0.717) is 22.4 Å². The van der Waals surface area contributed by atoms with Crippen LogP contribution in [0.15, 0.2) is 48.8 Å². The number of halogens is 3. The SMILES string of the molecule is COc1cc2ncnc(Oc3cc(F)c(C(=O)C(=O)Nc4ccc(C#N)cc4Cl)c(F)c3)c2cc1OC. The highest BCUT2D eigenvalue weighted by Gasteiger charge is 2.26. The molecule has 0 atom stereocenters. The molecule has 1 N–H and O–H groups in total. The van der Waals surface area contributed by atoms with Gasteiger partial charge in [-0.1, -0.05) is 11.6 Å². The van der Waals surface area contributed by atoms with Crippen molar-refractivity contribution < 1.29 is 32.6 Å². The van der Waals surface area contributed by atoms with Gasteiger partial charge in [-0.25, -0.2) is 18.7 Å². The van der Waals surface area contributed by atoms with E-state index in [4.69, 9.17) is 31.1 Å². The Hall–Kier alpha value is -4.82. The number of benzene rings is 3. The third kappa shape index (κ3) is 5.10. The van der Waals surface area contributed by atoms with Gasteiger partial charge in [0.1, 0.15) is 23.7 Å². The average Bonchev–Trinajstić information content (AvgIpc) is 2.88. The van der Waals surface area contributed by atoms with Crippen LogP contribution in [0.4, 0.5) is 14.5 Å². The molecule has 1 heterocycles. The molecule has 0 radical (unpaired) electrons. The molecule has 1 aromatic heterocycles. The summed E-state index contributed by atoms with van der Waals surface area (Å²) in [6.07, 6.45) is 1.19. The van der Waals surface area contributed by atoms with E-state index in [9.17, 15) is 18.4 Å². The molecule has 0 aliphatic heterocycles. The Balaban J connectivity index is 1.61. The number of rotatable bonds is 7. The van der Waals surface area contributed by atoms with Crippen molar-refractivity contribution in [3.8, 4) is 29.2 Å². The molecular formula is C25H15ClF2N4O5. The summed E-state index contributed by atoms with van der Waals surface area (Å²) in [6.45, 7) is 0. The van der Waals surface area contributed by atoms with Gasteiger partial charge < -0.3 is 19.5 Å². The molecule has 37 heavy (non-hydrogen) atoms. The average molecular weight is 525 g/mol. The van der Waals surface area contributed by atoms with Gasteiger partial charge in [-0.15, -0.1) is 0 Å². The Morgan fingerprint density at radius 2 is 1.68 bits per heavy atom. The Labute approximate surface area is 213 Å². The quantitative estimate of drug-likeness (QED) is 0.263. The van der Waals surface area contributed by atoms with Crippen LogP contribution < -0.4 is 19.5 Å². The summed E-state index contributed by atoms with van der Waals surface area (Å²) in [5, 5.41) is 11.4. The zero-order valence-corrected chi connectivity index (χ0v) is 19.9. The number of ketones is 1. The monoisotopic (exact) mass is 524 g/mol. The summed E-state index contributed by atoms with van der Waals surface area (Å²) in [7, 11) is 2.88. The maximum Gasteiger partial charge on any atom is 0.297 e. The molecule has 9 nitrogen and oxygen atoms in total. The molecule has 186 valence electrons. The van der Waals surface area contributed by atoms with E-state index in [2.05, 4.69) is 15.3 Å². The molecule has 4 aromatic rings. The minimum atomic E-state index is -1.48. The van der Waals surface area contributed by atoms with Crippen molar-refractivity contribution in [2.45, 2.75) is 0 Å². The van der Waals surface area contributed by atoms with Crippen molar-refractivity contribution in [1.82, 2.24) is 9.97 Å². The zero-order valence-electron chi connectivity index (χ0n) is 19.1. The first-order valence-electron chi connectivity index (χ1n) is 10.3. The second kappa shape index (κ2) is 10.4. The molecule has 0 spiro atoms. The summed E-state index contributed by atoms with van der Waals surface area (Å²) < 4.78 is 45.7. The van der Waals surface area contributed by atoms with E-state index in [0.717, 1.165) is 12.1 Å². The van der Waals surface area contributed by atoms with E-state index in [1.807, 2.05) is 6.07 Å². The summed E-state index contributed by atoms with van der Waals surface area (Å²) in [5.41, 5.74) is -0.472. The molecule has 12 heteroatoms. The second-order valence-electron chi connectivity index (χ2n) is 7.36.